The van der Waals surface area contributed by atoms with E-state index < -0.39 is 11.6 Å². The molecule has 1 fully saturated rings. The van der Waals surface area contributed by atoms with Crippen molar-refractivity contribution in [2.45, 2.75) is 18.7 Å². The molecule has 6 heteroatoms. The maximum atomic E-state index is 13.0. The molecule has 0 aliphatic carbocycles. The van der Waals surface area contributed by atoms with Crippen LogP contribution in [0, 0.1) is 5.92 Å². The van der Waals surface area contributed by atoms with Gasteiger partial charge in [0.15, 0.2) is 5.11 Å². The molecule has 1 N–H and O–H groups in total. The van der Waals surface area contributed by atoms with Crippen LogP contribution in [0.3, 0.4) is 0 Å². The summed E-state index contributed by atoms with van der Waals surface area (Å²) in [6, 6.07) is 17.0. The van der Waals surface area contributed by atoms with Gasteiger partial charge >= 0.3 is 5.97 Å². The maximum Gasteiger partial charge on any atom is 0.317 e. The normalized spacial score (nSPS) is 25.7. The third-order valence-electron chi connectivity index (χ3n) is 5.02. The molecule has 4 rings (SSSR count). The van der Waals surface area contributed by atoms with Gasteiger partial charge in [-0.3, -0.25) is 9.69 Å². The van der Waals surface area contributed by atoms with Crippen molar-refractivity contribution in [3.05, 3.63) is 72.8 Å². The number of para-hydroxylation sites is 2. The minimum absolute atomic E-state index is 0.148. The van der Waals surface area contributed by atoms with Gasteiger partial charge in [-0.15, -0.1) is 0 Å². The monoisotopic (exact) mass is 380 g/mol. The topological polar surface area (TPSA) is 50.8 Å². The van der Waals surface area contributed by atoms with Crippen LogP contribution in [-0.2, 0) is 9.53 Å². The van der Waals surface area contributed by atoms with E-state index in [1.807, 2.05) is 66.4 Å². The van der Waals surface area contributed by atoms with Crippen LogP contribution in [0.25, 0.3) is 0 Å². The molecular weight excluding hydrogens is 360 g/mol. The zero-order valence-corrected chi connectivity index (χ0v) is 15.7. The van der Waals surface area contributed by atoms with E-state index in [1.165, 1.54) is 0 Å². The largest absolute Gasteiger partial charge is 0.466 e. The van der Waals surface area contributed by atoms with E-state index in [0.29, 0.717) is 5.11 Å². The van der Waals surface area contributed by atoms with Crippen LogP contribution in [0.1, 0.15) is 18.5 Å². The van der Waals surface area contributed by atoms with Crippen LogP contribution in [0.15, 0.2) is 67.3 Å². The molecule has 0 spiro atoms. The van der Waals surface area contributed by atoms with Crippen molar-refractivity contribution in [3.8, 4) is 5.75 Å². The zero-order chi connectivity index (χ0) is 19.0. The lowest BCUT2D eigenvalue weighted by Gasteiger charge is -2.55. The second-order valence-electron chi connectivity index (χ2n) is 6.69. The van der Waals surface area contributed by atoms with Crippen LogP contribution in [0.5, 0.6) is 5.75 Å². The van der Waals surface area contributed by atoms with Crippen LogP contribution >= 0.6 is 12.2 Å². The minimum atomic E-state index is -1.03. The van der Waals surface area contributed by atoms with E-state index in [4.69, 9.17) is 21.7 Å². The predicted molar refractivity (Wildman–Crippen MR) is 108 cm³/mol. The highest BCUT2D eigenvalue weighted by Crippen LogP contribution is 2.49. The number of hydrogen-bond acceptors (Lipinski definition) is 4. The zero-order valence-electron chi connectivity index (χ0n) is 14.9. The van der Waals surface area contributed by atoms with Gasteiger partial charge in [-0.25, -0.2) is 0 Å². The molecule has 2 aliphatic rings. The number of carbonyl (C=O) groups is 1. The molecule has 2 aromatic carbocycles. The van der Waals surface area contributed by atoms with Crippen molar-refractivity contribution in [3.63, 3.8) is 0 Å². The summed E-state index contributed by atoms with van der Waals surface area (Å²) in [6.45, 7) is 5.66. The molecule has 0 saturated carbocycles. The molecule has 2 heterocycles. The SMILES string of the molecule is C=CCOC(=O)[C@H]1[C@@H]2NC(=S)N(c3ccccc3)[C@@]1(C)Oc1ccccc12. The Bertz CT molecular complexity index is 901. The molecular formula is C21H20N2O3S. The van der Waals surface area contributed by atoms with Gasteiger partial charge in [0.25, 0.3) is 0 Å². The lowest BCUT2D eigenvalue weighted by Crippen LogP contribution is -2.71. The van der Waals surface area contributed by atoms with Crippen LogP contribution in [0.4, 0.5) is 5.69 Å². The lowest BCUT2D eigenvalue weighted by molar-refractivity contribution is -0.159. The summed E-state index contributed by atoms with van der Waals surface area (Å²) in [5.41, 5.74) is 0.712. The van der Waals surface area contributed by atoms with Crippen LogP contribution < -0.4 is 15.0 Å². The number of anilines is 1. The van der Waals surface area contributed by atoms with Crippen LogP contribution in [0.2, 0.25) is 0 Å². The van der Waals surface area contributed by atoms with E-state index >= 15 is 0 Å². The van der Waals surface area contributed by atoms with E-state index in [1.54, 1.807) is 6.08 Å². The summed E-state index contributed by atoms with van der Waals surface area (Å²) in [6.07, 6.45) is 1.56. The standard InChI is InChI=1S/C21H20N2O3S/c1-3-13-25-19(24)17-18-15-11-7-8-12-16(15)26-21(17,2)23(20(27)22-18)14-9-5-4-6-10-14/h3-12,17-18H,1,13H2,2H3,(H,22,27)/t17-,18-,21+/m1/s1. The molecule has 5 nitrogen and oxygen atoms in total. The highest BCUT2D eigenvalue weighted by Gasteiger charge is 2.59. The number of esters is 1. The number of nitrogens with zero attached hydrogens (tertiary/aromatic N) is 1. The van der Waals surface area contributed by atoms with E-state index in [0.717, 1.165) is 17.0 Å². The Morgan fingerprint density at radius 3 is 2.74 bits per heavy atom. The summed E-state index contributed by atoms with van der Waals surface area (Å²) < 4.78 is 11.8. The highest BCUT2D eigenvalue weighted by molar-refractivity contribution is 7.80. The second-order valence-corrected chi connectivity index (χ2v) is 7.08. The summed E-state index contributed by atoms with van der Waals surface area (Å²) >= 11 is 5.66. The third-order valence-corrected chi connectivity index (χ3v) is 5.32. The Kier molecular flexibility index (Phi) is 4.36. The van der Waals surface area contributed by atoms with Gasteiger partial charge in [-0.1, -0.05) is 49.1 Å². The first-order valence-corrected chi connectivity index (χ1v) is 9.18. The van der Waals surface area contributed by atoms with Crippen molar-refractivity contribution in [2.75, 3.05) is 11.5 Å². The first-order valence-electron chi connectivity index (χ1n) is 8.77. The van der Waals surface area contributed by atoms with Gasteiger partial charge in [0.2, 0.25) is 5.72 Å². The Morgan fingerprint density at radius 1 is 1.30 bits per heavy atom. The van der Waals surface area contributed by atoms with E-state index in [-0.39, 0.29) is 18.6 Å². The van der Waals surface area contributed by atoms with Crippen molar-refractivity contribution in [2.24, 2.45) is 5.92 Å². The average Bonchev–Trinajstić information content (AvgIpc) is 2.66. The Morgan fingerprint density at radius 2 is 2.00 bits per heavy atom. The first kappa shape index (κ1) is 17.5. The number of rotatable bonds is 4. The average molecular weight is 380 g/mol. The Balaban J connectivity index is 1.86. The third kappa shape index (κ3) is 2.77. The van der Waals surface area contributed by atoms with Gasteiger partial charge in [-0.2, -0.15) is 0 Å². The maximum absolute atomic E-state index is 13.0. The molecule has 27 heavy (non-hydrogen) atoms. The molecule has 0 amide bonds. The number of fused-ring (bicyclic) bond motifs is 4. The quantitative estimate of drug-likeness (QED) is 0.497. The highest BCUT2D eigenvalue weighted by atomic mass is 32.1. The van der Waals surface area contributed by atoms with Gasteiger partial charge in [-0.05, 0) is 37.3 Å². The molecule has 0 radical (unpaired) electrons. The van der Waals surface area contributed by atoms with Gasteiger partial charge in [0.05, 0.1) is 6.04 Å². The van der Waals surface area contributed by atoms with E-state index in [9.17, 15) is 4.79 Å². The molecule has 1 saturated heterocycles. The molecule has 2 aliphatic heterocycles. The van der Waals surface area contributed by atoms with Gasteiger partial charge in [0.1, 0.15) is 18.3 Å². The first-order chi connectivity index (χ1) is 13.1. The number of benzene rings is 2. The summed E-state index contributed by atoms with van der Waals surface area (Å²) in [7, 11) is 0. The molecule has 0 aromatic heterocycles. The fourth-order valence-corrected chi connectivity index (χ4v) is 4.30. The summed E-state index contributed by atoms with van der Waals surface area (Å²) in [4.78, 5) is 14.9. The lowest BCUT2D eigenvalue weighted by atomic mass is 9.79. The minimum Gasteiger partial charge on any atom is -0.466 e. The fraction of sp³-hybridized carbons (Fsp3) is 0.238. The molecule has 2 bridgehead atoms. The van der Waals surface area contributed by atoms with Crippen molar-refractivity contribution >= 4 is 29.0 Å². The number of thiocarbonyl (C=S) groups is 1. The number of carbonyl (C=O) groups excluding carboxylic acids is 1. The van der Waals surface area contributed by atoms with Gasteiger partial charge < -0.3 is 14.8 Å². The number of nitrogens with one attached hydrogen (secondary N) is 1. The van der Waals surface area contributed by atoms with E-state index in [2.05, 4.69) is 11.9 Å². The Hall–Kier alpha value is -2.86. The van der Waals surface area contributed by atoms with Crippen molar-refractivity contribution in [1.82, 2.24) is 5.32 Å². The number of hydrogen-bond donors (Lipinski definition) is 1. The van der Waals surface area contributed by atoms with Gasteiger partial charge in [0, 0.05) is 11.3 Å². The fourth-order valence-electron chi connectivity index (χ4n) is 3.89. The smallest absolute Gasteiger partial charge is 0.317 e. The molecule has 3 atom stereocenters. The summed E-state index contributed by atoms with van der Waals surface area (Å²) in [5, 5.41) is 3.85. The molecule has 2 aromatic rings. The van der Waals surface area contributed by atoms with Crippen LogP contribution in [-0.4, -0.2) is 23.4 Å². The molecule has 0 unspecified atom stereocenters. The summed E-state index contributed by atoms with van der Waals surface area (Å²) in [5.74, 6) is -0.235. The second kappa shape index (κ2) is 6.70. The van der Waals surface area contributed by atoms with Crippen molar-refractivity contribution < 1.29 is 14.3 Å². The predicted octanol–water partition coefficient (Wildman–Crippen LogP) is 3.58. The Labute approximate surface area is 163 Å². The molecule has 138 valence electrons. The number of ether oxygens (including phenoxy) is 2. The van der Waals surface area contributed by atoms with Crippen molar-refractivity contribution in [1.29, 1.82) is 0 Å².